The number of aliphatic imine (C=N–C) groups is 1. The Morgan fingerprint density at radius 2 is 1.80 bits per heavy atom. The molecule has 0 spiro atoms. The van der Waals surface area contributed by atoms with Crippen LogP contribution in [0.2, 0.25) is 0 Å². The summed E-state index contributed by atoms with van der Waals surface area (Å²) in [6.07, 6.45) is 0. The standard InChI is InChI=1S/C15H30N4O/c1-13(2,3)18-11(20)9-17-12(16-8)19-10-14(4,5)15(19,6)7/h9-10H2,1-8H3,(H,16,17)(H,18,20). The Morgan fingerprint density at radius 3 is 2.15 bits per heavy atom. The Labute approximate surface area is 123 Å². The van der Waals surface area contributed by atoms with Crippen molar-refractivity contribution in [3.8, 4) is 0 Å². The third-order valence-electron chi connectivity index (χ3n) is 4.27. The molecule has 1 aliphatic heterocycles. The molecule has 0 aromatic rings. The molecule has 0 atom stereocenters. The van der Waals surface area contributed by atoms with E-state index in [0.29, 0.717) is 0 Å². The average Bonchev–Trinajstić information content (AvgIpc) is 2.25. The van der Waals surface area contributed by atoms with Gasteiger partial charge in [0.25, 0.3) is 0 Å². The minimum atomic E-state index is -0.208. The number of carbonyl (C=O) groups is 1. The fourth-order valence-electron chi connectivity index (χ4n) is 2.32. The van der Waals surface area contributed by atoms with Crippen LogP contribution in [0, 0.1) is 5.41 Å². The van der Waals surface area contributed by atoms with Crippen molar-refractivity contribution in [2.75, 3.05) is 20.1 Å². The summed E-state index contributed by atoms with van der Waals surface area (Å²) >= 11 is 0. The largest absolute Gasteiger partial charge is 0.350 e. The van der Waals surface area contributed by atoms with Gasteiger partial charge in [-0.05, 0) is 34.6 Å². The molecule has 0 saturated carbocycles. The minimum absolute atomic E-state index is 0.0174. The van der Waals surface area contributed by atoms with Gasteiger partial charge < -0.3 is 15.5 Å². The van der Waals surface area contributed by atoms with Crippen LogP contribution in [-0.4, -0.2) is 48.0 Å². The van der Waals surface area contributed by atoms with Gasteiger partial charge in [0, 0.05) is 30.1 Å². The number of likely N-dealkylation sites (tertiary alicyclic amines) is 1. The molecular weight excluding hydrogens is 252 g/mol. The predicted molar refractivity (Wildman–Crippen MR) is 83.8 cm³/mol. The van der Waals surface area contributed by atoms with Gasteiger partial charge in [-0.25, -0.2) is 0 Å². The van der Waals surface area contributed by atoms with E-state index in [4.69, 9.17) is 0 Å². The molecule has 5 nitrogen and oxygen atoms in total. The summed E-state index contributed by atoms with van der Waals surface area (Å²) in [6, 6.07) is 0. The normalized spacial score (nSPS) is 21.2. The minimum Gasteiger partial charge on any atom is -0.350 e. The molecule has 1 fully saturated rings. The third kappa shape index (κ3) is 3.44. The van der Waals surface area contributed by atoms with Crippen LogP contribution in [0.3, 0.4) is 0 Å². The average molecular weight is 282 g/mol. The van der Waals surface area contributed by atoms with E-state index in [1.165, 1.54) is 0 Å². The number of hydrogen-bond donors (Lipinski definition) is 2. The van der Waals surface area contributed by atoms with Crippen molar-refractivity contribution in [2.24, 2.45) is 10.4 Å². The van der Waals surface area contributed by atoms with Crippen LogP contribution in [0.1, 0.15) is 48.5 Å². The zero-order chi connectivity index (χ0) is 15.8. The summed E-state index contributed by atoms with van der Waals surface area (Å²) in [5, 5.41) is 6.09. The van der Waals surface area contributed by atoms with E-state index in [1.807, 2.05) is 20.8 Å². The van der Waals surface area contributed by atoms with Gasteiger partial charge in [0.05, 0.1) is 6.54 Å². The third-order valence-corrected chi connectivity index (χ3v) is 4.27. The van der Waals surface area contributed by atoms with Crippen molar-refractivity contribution in [1.82, 2.24) is 15.5 Å². The van der Waals surface area contributed by atoms with Gasteiger partial charge in [-0.1, -0.05) is 13.8 Å². The zero-order valence-corrected chi connectivity index (χ0v) is 14.2. The molecule has 1 heterocycles. The molecule has 1 aliphatic rings. The van der Waals surface area contributed by atoms with Crippen LogP contribution in [0.25, 0.3) is 0 Å². The van der Waals surface area contributed by atoms with E-state index in [9.17, 15) is 4.79 Å². The zero-order valence-electron chi connectivity index (χ0n) is 14.2. The fraction of sp³-hybridized carbons (Fsp3) is 0.867. The van der Waals surface area contributed by atoms with Crippen molar-refractivity contribution in [3.63, 3.8) is 0 Å². The number of nitrogens with zero attached hydrogens (tertiary/aromatic N) is 2. The predicted octanol–water partition coefficient (Wildman–Crippen LogP) is 1.60. The first-order chi connectivity index (χ1) is 8.90. The topological polar surface area (TPSA) is 56.7 Å². The van der Waals surface area contributed by atoms with E-state index < -0.39 is 0 Å². The van der Waals surface area contributed by atoms with E-state index in [1.54, 1.807) is 7.05 Å². The Balaban J connectivity index is 2.57. The summed E-state index contributed by atoms with van der Waals surface area (Å²) in [6.45, 7) is 16.0. The highest BCUT2D eigenvalue weighted by atomic mass is 16.2. The molecule has 0 radical (unpaired) electrons. The number of nitrogens with one attached hydrogen (secondary N) is 2. The summed E-state index contributed by atoms with van der Waals surface area (Å²) in [4.78, 5) is 18.4. The quantitative estimate of drug-likeness (QED) is 0.597. The van der Waals surface area contributed by atoms with Gasteiger partial charge in [-0.2, -0.15) is 0 Å². The molecule has 1 saturated heterocycles. The molecule has 0 aromatic carbocycles. The first-order valence-corrected chi connectivity index (χ1v) is 7.20. The highest BCUT2D eigenvalue weighted by Crippen LogP contribution is 2.46. The van der Waals surface area contributed by atoms with Gasteiger partial charge >= 0.3 is 0 Å². The number of amides is 1. The van der Waals surface area contributed by atoms with Crippen molar-refractivity contribution < 1.29 is 4.79 Å². The number of carbonyl (C=O) groups excluding carboxylic acids is 1. The molecule has 5 heteroatoms. The van der Waals surface area contributed by atoms with Crippen molar-refractivity contribution in [3.05, 3.63) is 0 Å². The maximum Gasteiger partial charge on any atom is 0.239 e. The second-order valence-corrected chi connectivity index (χ2v) is 7.73. The monoisotopic (exact) mass is 282 g/mol. The first kappa shape index (κ1) is 16.8. The van der Waals surface area contributed by atoms with Gasteiger partial charge in [0.2, 0.25) is 5.91 Å². The van der Waals surface area contributed by atoms with Gasteiger partial charge in [-0.15, -0.1) is 0 Å². The summed E-state index contributed by atoms with van der Waals surface area (Å²) < 4.78 is 0. The van der Waals surface area contributed by atoms with Crippen LogP contribution >= 0.6 is 0 Å². The lowest BCUT2D eigenvalue weighted by atomic mass is 9.65. The molecular formula is C15H30N4O. The van der Waals surface area contributed by atoms with Crippen LogP contribution in [0.15, 0.2) is 4.99 Å². The number of hydrogen-bond acceptors (Lipinski definition) is 2. The van der Waals surface area contributed by atoms with Crippen molar-refractivity contribution >= 4 is 11.9 Å². The van der Waals surface area contributed by atoms with Crippen LogP contribution in [-0.2, 0) is 4.79 Å². The maximum atomic E-state index is 11.8. The Morgan fingerprint density at radius 1 is 1.25 bits per heavy atom. The highest BCUT2D eigenvalue weighted by molar-refractivity contribution is 5.87. The second-order valence-electron chi connectivity index (χ2n) is 7.73. The molecule has 1 amide bonds. The Bertz CT molecular complexity index is 405. The van der Waals surface area contributed by atoms with Gasteiger partial charge in [0.15, 0.2) is 5.96 Å². The SMILES string of the molecule is CN=C(NCC(=O)NC(C)(C)C)N1CC(C)(C)C1(C)C. The van der Waals surface area contributed by atoms with E-state index in [-0.39, 0.29) is 28.9 Å². The van der Waals surface area contributed by atoms with Crippen LogP contribution in [0.4, 0.5) is 0 Å². The molecule has 0 unspecified atom stereocenters. The second kappa shape index (κ2) is 5.26. The van der Waals surface area contributed by atoms with Crippen molar-refractivity contribution in [2.45, 2.75) is 59.5 Å². The summed E-state index contributed by atoms with van der Waals surface area (Å²) in [5.41, 5.74) is 0.0773. The summed E-state index contributed by atoms with van der Waals surface area (Å²) in [7, 11) is 1.76. The van der Waals surface area contributed by atoms with Gasteiger partial charge in [-0.3, -0.25) is 9.79 Å². The van der Waals surface area contributed by atoms with Crippen LogP contribution < -0.4 is 10.6 Å². The van der Waals surface area contributed by atoms with E-state index in [2.05, 4.69) is 48.2 Å². The van der Waals surface area contributed by atoms with Gasteiger partial charge in [0.1, 0.15) is 0 Å². The molecule has 1 rings (SSSR count). The highest BCUT2D eigenvalue weighted by Gasteiger charge is 2.53. The number of rotatable bonds is 2. The first-order valence-electron chi connectivity index (χ1n) is 7.20. The van der Waals surface area contributed by atoms with E-state index in [0.717, 1.165) is 12.5 Å². The maximum absolute atomic E-state index is 11.8. The van der Waals surface area contributed by atoms with Crippen LogP contribution in [0.5, 0.6) is 0 Å². The molecule has 0 aliphatic carbocycles. The smallest absolute Gasteiger partial charge is 0.239 e. The molecule has 2 N–H and O–H groups in total. The molecule has 0 bridgehead atoms. The Kier molecular flexibility index (Phi) is 4.42. The lowest BCUT2D eigenvalue weighted by molar-refractivity contribution is -0.121. The summed E-state index contributed by atoms with van der Waals surface area (Å²) in [5.74, 6) is 0.773. The molecule has 20 heavy (non-hydrogen) atoms. The van der Waals surface area contributed by atoms with E-state index >= 15 is 0 Å². The lowest BCUT2D eigenvalue weighted by Crippen LogP contribution is -2.72. The lowest BCUT2D eigenvalue weighted by Gasteiger charge is -2.62. The molecule has 116 valence electrons. The van der Waals surface area contributed by atoms with Crippen molar-refractivity contribution in [1.29, 1.82) is 0 Å². The molecule has 0 aromatic heterocycles. The fourth-order valence-corrected chi connectivity index (χ4v) is 2.32. The number of guanidine groups is 1. The Hall–Kier alpha value is -1.26.